The first-order valence-electron chi connectivity index (χ1n) is 7.32. The summed E-state index contributed by atoms with van der Waals surface area (Å²) >= 11 is 7.13. The Kier molecular flexibility index (Phi) is 4.79. The summed E-state index contributed by atoms with van der Waals surface area (Å²) in [6.07, 6.45) is 2.70. The number of halogens is 1. The molecule has 0 aliphatic carbocycles. The second-order valence-electron chi connectivity index (χ2n) is 5.10. The lowest BCUT2D eigenvalue weighted by Crippen LogP contribution is -2.15. The van der Waals surface area contributed by atoms with Crippen molar-refractivity contribution in [3.05, 3.63) is 69.0 Å². The number of hydrogen-bond acceptors (Lipinski definition) is 3. The fourth-order valence-corrected chi connectivity index (χ4v) is 3.17. The summed E-state index contributed by atoms with van der Waals surface area (Å²) in [6.45, 7) is 2.74. The van der Waals surface area contributed by atoms with Crippen LogP contribution in [0.3, 0.4) is 0 Å². The highest BCUT2D eigenvalue weighted by molar-refractivity contribution is 7.18. The van der Waals surface area contributed by atoms with Crippen molar-refractivity contribution in [2.45, 2.75) is 19.9 Å². The van der Waals surface area contributed by atoms with E-state index in [9.17, 15) is 4.79 Å². The van der Waals surface area contributed by atoms with E-state index in [1.165, 1.54) is 16.9 Å². The zero-order chi connectivity index (χ0) is 16.2. The number of nitrogens with one attached hydrogen (secondary N) is 1. The number of carbonyl (C=O) groups is 1. The van der Waals surface area contributed by atoms with Crippen molar-refractivity contribution in [3.63, 3.8) is 0 Å². The van der Waals surface area contributed by atoms with Gasteiger partial charge in [0.15, 0.2) is 0 Å². The Bertz CT molecular complexity index is 807. The van der Waals surface area contributed by atoms with Crippen LogP contribution in [-0.4, -0.2) is 15.7 Å². The fourth-order valence-electron chi connectivity index (χ4n) is 2.23. The quantitative estimate of drug-likeness (QED) is 0.742. The predicted molar refractivity (Wildman–Crippen MR) is 94.4 cm³/mol. The Labute approximate surface area is 143 Å². The second kappa shape index (κ2) is 6.98. The summed E-state index contributed by atoms with van der Waals surface area (Å²) in [4.78, 5) is 12.8. The van der Waals surface area contributed by atoms with Gasteiger partial charge in [-0.05, 0) is 29.7 Å². The maximum atomic E-state index is 12.2. The van der Waals surface area contributed by atoms with Gasteiger partial charge in [-0.25, -0.2) is 4.68 Å². The van der Waals surface area contributed by atoms with Crippen LogP contribution in [0.1, 0.15) is 27.7 Å². The van der Waals surface area contributed by atoms with E-state index in [-0.39, 0.29) is 5.91 Å². The Morgan fingerprint density at radius 3 is 2.57 bits per heavy atom. The highest BCUT2D eigenvalue weighted by Gasteiger charge is 2.12. The summed E-state index contributed by atoms with van der Waals surface area (Å²) in [5, 5.41) is 7.16. The van der Waals surface area contributed by atoms with Gasteiger partial charge >= 0.3 is 0 Å². The largest absolute Gasteiger partial charge is 0.306 e. The first kappa shape index (κ1) is 15.8. The molecular formula is C17H16ClN3OS. The summed E-state index contributed by atoms with van der Waals surface area (Å²) in [6, 6.07) is 13.6. The van der Waals surface area contributed by atoms with Gasteiger partial charge in [-0.1, -0.05) is 42.8 Å². The van der Waals surface area contributed by atoms with Gasteiger partial charge in [0.05, 0.1) is 22.0 Å². The van der Waals surface area contributed by atoms with E-state index in [1.807, 2.05) is 0 Å². The second-order valence-corrected chi connectivity index (χ2v) is 6.82. The Balaban J connectivity index is 1.72. The Morgan fingerprint density at radius 1 is 1.17 bits per heavy atom. The number of benzene rings is 1. The third-order valence-electron chi connectivity index (χ3n) is 3.52. The van der Waals surface area contributed by atoms with Gasteiger partial charge in [0.25, 0.3) is 5.91 Å². The topological polar surface area (TPSA) is 46.9 Å². The molecule has 0 aliphatic heterocycles. The molecule has 0 fully saturated rings. The zero-order valence-electron chi connectivity index (χ0n) is 12.6. The van der Waals surface area contributed by atoms with Crippen LogP contribution in [0.2, 0.25) is 4.34 Å². The SMILES string of the molecule is CCc1ccc(Cn2nccc2NC(=O)c2ccc(Cl)s2)cc1. The summed E-state index contributed by atoms with van der Waals surface area (Å²) in [5.41, 5.74) is 2.44. The lowest BCUT2D eigenvalue weighted by Gasteiger charge is -2.09. The van der Waals surface area contributed by atoms with Crippen LogP contribution in [0, 0.1) is 0 Å². The van der Waals surface area contributed by atoms with Crippen molar-refractivity contribution in [2.24, 2.45) is 0 Å². The van der Waals surface area contributed by atoms with E-state index in [2.05, 4.69) is 41.6 Å². The molecule has 0 atom stereocenters. The fraction of sp³-hybridized carbons (Fsp3) is 0.176. The number of carbonyl (C=O) groups excluding carboxylic acids is 1. The molecule has 0 aliphatic rings. The van der Waals surface area contributed by atoms with E-state index < -0.39 is 0 Å². The summed E-state index contributed by atoms with van der Waals surface area (Å²) < 4.78 is 2.37. The monoisotopic (exact) mass is 345 g/mol. The molecule has 1 aromatic carbocycles. The average molecular weight is 346 g/mol. The van der Waals surface area contributed by atoms with Gasteiger partial charge in [0, 0.05) is 6.07 Å². The van der Waals surface area contributed by atoms with Gasteiger partial charge in [0.1, 0.15) is 5.82 Å². The Hall–Kier alpha value is -2.11. The number of amides is 1. The zero-order valence-corrected chi connectivity index (χ0v) is 14.2. The minimum atomic E-state index is -0.176. The highest BCUT2D eigenvalue weighted by atomic mass is 35.5. The number of rotatable bonds is 5. The third-order valence-corrected chi connectivity index (χ3v) is 4.75. The predicted octanol–water partition coefficient (Wildman–Crippen LogP) is 4.46. The Morgan fingerprint density at radius 2 is 1.91 bits per heavy atom. The average Bonchev–Trinajstić information content (AvgIpc) is 3.17. The number of aryl methyl sites for hydroxylation is 1. The van der Waals surface area contributed by atoms with E-state index in [0.29, 0.717) is 21.6 Å². The van der Waals surface area contributed by atoms with Gasteiger partial charge < -0.3 is 5.32 Å². The smallest absolute Gasteiger partial charge is 0.266 e. The van der Waals surface area contributed by atoms with Gasteiger partial charge in [0.2, 0.25) is 0 Å². The molecule has 0 saturated carbocycles. The lowest BCUT2D eigenvalue weighted by molar-refractivity contribution is 0.102. The molecule has 6 heteroatoms. The van der Waals surface area contributed by atoms with Crippen LogP contribution >= 0.6 is 22.9 Å². The minimum absolute atomic E-state index is 0.176. The molecule has 0 unspecified atom stereocenters. The maximum Gasteiger partial charge on any atom is 0.266 e. The minimum Gasteiger partial charge on any atom is -0.306 e. The molecule has 0 bridgehead atoms. The normalized spacial score (nSPS) is 10.7. The maximum absolute atomic E-state index is 12.2. The lowest BCUT2D eigenvalue weighted by atomic mass is 10.1. The molecule has 3 aromatic rings. The van der Waals surface area contributed by atoms with Crippen molar-refractivity contribution < 1.29 is 4.79 Å². The molecule has 3 rings (SSSR count). The molecule has 0 saturated heterocycles. The van der Waals surface area contributed by atoms with Gasteiger partial charge in [-0.2, -0.15) is 5.10 Å². The van der Waals surface area contributed by atoms with Crippen LogP contribution in [0.4, 0.5) is 5.82 Å². The number of hydrogen-bond donors (Lipinski definition) is 1. The van der Waals surface area contributed by atoms with Crippen molar-refractivity contribution in [2.75, 3.05) is 5.32 Å². The standard InChI is InChI=1S/C17H16ClN3OS/c1-2-12-3-5-13(6-4-12)11-21-16(9-10-19-21)20-17(22)14-7-8-15(18)23-14/h3-10H,2,11H2,1H3,(H,20,22). The molecule has 23 heavy (non-hydrogen) atoms. The van der Waals surface area contributed by atoms with Crippen molar-refractivity contribution >= 4 is 34.7 Å². The van der Waals surface area contributed by atoms with Crippen LogP contribution in [0.5, 0.6) is 0 Å². The van der Waals surface area contributed by atoms with E-state index in [4.69, 9.17) is 11.6 Å². The molecule has 0 spiro atoms. The molecule has 4 nitrogen and oxygen atoms in total. The highest BCUT2D eigenvalue weighted by Crippen LogP contribution is 2.22. The van der Waals surface area contributed by atoms with Crippen LogP contribution in [0.25, 0.3) is 0 Å². The molecular weight excluding hydrogens is 330 g/mol. The van der Waals surface area contributed by atoms with E-state index in [0.717, 1.165) is 12.0 Å². The van der Waals surface area contributed by atoms with Crippen molar-refractivity contribution in [3.8, 4) is 0 Å². The number of anilines is 1. The van der Waals surface area contributed by atoms with E-state index in [1.54, 1.807) is 29.1 Å². The molecule has 2 aromatic heterocycles. The van der Waals surface area contributed by atoms with Crippen molar-refractivity contribution in [1.82, 2.24) is 9.78 Å². The summed E-state index contributed by atoms with van der Waals surface area (Å²) in [5.74, 6) is 0.490. The molecule has 1 N–H and O–H groups in total. The van der Waals surface area contributed by atoms with Gasteiger partial charge in [-0.3, -0.25) is 4.79 Å². The number of nitrogens with zero attached hydrogens (tertiary/aromatic N) is 2. The number of thiophene rings is 1. The van der Waals surface area contributed by atoms with Gasteiger partial charge in [-0.15, -0.1) is 11.3 Å². The van der Waals surface area contributed by atoms with Crippen LogP contribution < -0.4 is 5.32 Å². The molecule has 118 valence electrons. The van der Waals surface area contributed by atoms with Crippen LogP contribution in [-0.2, 0) is 13.0 Å². The van der Waals surface area contributed by atoms with E-state index >= 15 is 0 Å². The molecule has 2 heterocycles. The summed E-state index contributed by atoms with van der Waals surface area (Å²) in [7, 11) is 0. The molecule has 1 amide bonds. The first-order valence-corrected chi connectivity index (χ1v) is 8.51. The first-order chi connectivity index (χ1) is 11.2. The van der Waals surface area contributed by atoms with Crippen LogP contribution in [0.15, 0.2) is 48.7 Å². The molecule has 0 radical (unpaired) electrons. The third kappa shape index (κ3) is 3.81. The van der Waals surface area contributed by atoms with Crippen molar-refractivity contribution in [1.29, 1.82) is 0 Å². The number of aromatic nitrogens is 2.